The number of hydrogen-bond donors (Lipinski definition) is 0. The van der Waals surface area contributed by atoms with E-state index in [-0.39, 0.29) is 17.8 Å². The van der Waals surface area contributed by atoms with Gasteiger partial charge in [0.05, 0.1) is 18.4 Å². The van der Waals surface area contributed by atoms with Gasteiger partial charge in [-0.3, -0.25) is 4.79 Å². The van der Waals surface area contributed by atoms with Gasteiger partial charge >= 0.3 is 5.97 Å². The summed E-state index contributed by atoms with van der Waals surface area (Å²) in [6.45, 7) is 11.4. The van der Waals surface area contributed by atoms with Crippen LogP contribution in [0.3, 0.4) is 0 Å². The predicted molar refractivity (Wildman–Crippen MR) is 173 cm³/mol. The molecule has 210 valence electrons. The minimum absolute atomic E-state index is 0.178. The van der Waals surface area contributed by atoms with Gasteiger partial charge in [-0.25, -0.2) is 0 Å². The Labute approximate surface area is 250 Å². The Bertz CT molecular complexity index is 1690. The maximum atomic E-state index is 13.8. The van der Waals surface area contributed by atoms with Crippen LogP contribution in [0, 0.1) is 5.41 Å². The van der Waals surface area contributed by atoms with Crippen molar-refractivity contribution >= 4 is 17.1 Å². The zero-order valence-corrected chi connectivity index (χ0v) is 25.2. The summed E-state index contributed by atoms with van der Waals surface area (Å²) in [5, 5.41) is 0. The van der Waals surface area contributed by atoms with E-state index >= 15 is 0 Å². The first-order valence-electron chi connectivity index (χ1n) is 14.9. The molecular weight excluding hydrogens is 512 g/mol. The number of allylic oxidation sites excluding steroid dienone is 4. The number of hydrogen-bond acceptors (Lipinski definition) is 2. The molecule has 2 aliphatic carbocycles. The second kappa shape index (κ2) is 10.8. The predicted octanol–water partition coefficient (Wildman–Crippen LogP) is 9.57. The van der Waals surface area contributed by atoms with Crippen molar-refractivity contribution in [3.8, 4) is 0 Å². The van der Waals surface area contributed by atoms with Gasteiger partial charge in [-0.2, -0.15) is 0 Å². The SMILES string of the molecule is CCOC(=O)CC12C(=C(c3ccccc3)c3ccccc31)C(=C(C)C)C(C)(C)C2=C(c1ccccc1)c1ccccc1. The highest BCUT2D eigenvalue weighted by molar-refractivity contribution is 6.01. The molecule has 0 aromatic heterocycles. The molecular formula is C40H38O2. The Kier molecular flexibility index (Phi) is 7.10. The van der Waals surface area contributed by atoms with E-state index in [4.69, 9.17) is 4.74 Å². The number of benzene rings is 4. The summed E-state index contributed by atoms with van der Waals surface area (Å²) in [4.78, 5) is 13.8. The molecule has 1 atom stereocenters. The summed E-state index contributed by atoms with van der Waals surface area (Å²) >= 11 is 0. The van der Waals surface area contributed by atoms with Gasteiger partial charge in [0.1, 0.15) is 0 Å². The van der Waals surface area contributed by atoms with Crippen molar-refractivity contribution in [2.24, 2.45) is 5.41 Å². The third kappa shape index (κ3) is 4.20. The number of fused-ring (bicyclic) bond motifs is 3. The molecule has 0 amide bonds. The highest BCUT2D eigenvalue weighted by atomic mass is 16.5. The molecule has 6 rings (SSSR count). The molecule has 2 aliphatic rings. The van der Waals surface area contributed by atoms with E-state index in [0.717, 1.165) is 11.1 Å². The van der Waals surface area contributed by atoms with Gasteiger partial charge in [0.25, 0.3) is 0 Å². The van der Waals surface area contributed by atoms with E-state index < -0.39 is 5.41 Å². The monoisotopic (exact) mass is 550 g/mol. The molecule has 0 N–H and O–H groups in total. The summed E-state index contributed by atoms with van der Waals surface area (Å²) in [7, 11) is 0. The third-order valence-electron chi connectivity index (χ3n) is 8.91. The molecule has 0 radical (unpaired) electrons. The lowest BCUT2D eigenvalue weighted by molar-refractivity contribution is -0.144. The number of carbonyl (C=O) groups excluding carboxylic acids is 1. The normalized spacial score (nSPS) is 18.5. The highest BCUT2D eigenvalue weighted by Crippen LogP contribution is 2.70. The quantitative estimate of drug-likeness (QED) is 0.223. The van der Waals surface area contributed by atoms with Crippen LogP contribution < -0.4 is 0 Å². The van der Waals surface area contributed by atoms with Crippen LogP contribution in [0.4, 0.5) is 0 Å². The van der Waals surface area contributed by atoms with Crippen LogP contribution in [0.5, 0.6) is 0 Å². The maximum Gasteiger partial charge on any atom is 0.307 e. The molecule has 2 nitrogen and oxygen atoms in total. The molecule has 4 aromatic rings. The minimum Gasteiger partial charge on any atom is -0.466 e. The molecule has 4 aromatic carbocycles. The van der Waals surface area contributed by atoms with Gasteiger partial charge in [0.2, 0.25) is 0 Å². The summed E-state index contributed by atoms with van der Waals surface area (Å²) in [5.41, 5.74) is 12.2. The van der Waals surface area contributed by atoms with Crippen molar-refractivity contribution in [3.63, 3.8) is 0 Å². The van der Waals surface area contributed by atoms with Gasteiger partial charge < -0.3 is 4.74 Å². The van der Waals surface area contributed by atoms with Crippen LogP contribution in [0.15, 0.2) is 138 Å². The Morgan fingerprint density at radius 1 is 0.714 bits per heavy atom. The molecule has 42 heavy (non-hydrogen) atoms. The third-order valence-corrected chi connectivity index (χ3v) is 8.91. The molecule has 1 unspecified atom stereocenters. The van der Waals surface area contributed by atoms with Crippen molar-refractivity contribution in [3.05, 3.63) is 165 Å². The standard InChI is InChI=1S/C40H38O2/c1-6-42-33(41)26-40-32-25-17-16-24-31(32)35(30-22-14-9-15-23-30)37(40)36(27(2)3)39(4,5)38(40)34(28-18-10-7-11-19-28)29-20-12-8-13-21-29/h7-25H,6,26H2,1-5H3. The largest absolute Gasteiger partial charge is 0.466 e. The lowest BCUT2D eigenvalue weighted by Crippen LogP contribution is -2.32. The van der Waals surface area contributed by atoms with Crippen LogP contribution in [0.2, 0.25) is 0 Å². The van der Waals surface area contributed by atoms with Gasteiger partial charge in [0, 0.05) is 5.41 Å². The second-order valence-electron chi connectivity index (χ2n) is 12.0. The van der Waals surface area contributed by atoms with Gasteiger partial charge in [0.15, 0.2) is 0 Å². The molecule has 0 heterocycles. The van der Waals surface area contributed by atoms with Crippen molar-refractivity contribution in [2.75, 3.05) is 6.61 Å². The van der Waals surface area contributed by atoms with Crippen LogP contribution in [-0.4, -0.2) is 12.6 Å². The Hall–Kier alpha value is -4.43. The average molecular weight is 551 g/mol. The number of ether oxygens (including phenoxy) is 1. The summed E-state index contributed by atoms with van der Waals surface area (Å²) in [6, 6.07) is 40.7. The van der Waals surface area contributed by atoms with E-state index in [9.17, 15) is 4.79 Å². The molecule has 0 bridgehead atoms. The average Bonchev–Trinajstić information content (AvgIpc) is 3.37. The first-order chi connectivity index (χ1) is 20.3. The van der Waals surface area contributed by atoms with E-state index in [1.165, 1.54) is 50.1 Å². The maximum absolute atomic E-state index is 13.8. The fourth-order valence-electron chi connectivity index (χ4n) is 7.80. The summed E-state index contributed by atoms with van der Waals surface area (Å²) in [6.07, 6.45) is 0.238. The zero-order chi connectivity index (χ0) is 29.5. The smallest absolute Gasteiger partial charge is 0.307 e. The Balaban J connectivity index is 1.88. The number of rotatable bonds is 6. The lowest BCUT2D eigenvalue weighted by atomic mass is 9.66. The van der Waals surface area contributed by atoms with Crippen molar-refractivity contribution in [1.29, 1.82) is 0 Å². The van der Waals surface area contributed by atoms with Crippen LogP contribution >= 0.6 is 0 Å². The summed E-state index contributed by atoms with van der Waals surface area (Å²) in [5.74, 6) is -0.178. The molecule has 0 saturated heterocycles. The van der Waals surface area contributed by atoms with Crippen molar-refractivity contribution < 1.29 is 9.53 Å². The van der Waals surface area contributed by atoms with Gasteiger partial charge in [-0.1, -0.05) is 135 Å². The van der Waals surface area contributed by atoms with E-state index in [1.807, 2.05) is 6.92 Å². The second-order valence-corrected chi connectivity index (χ2v) is 12.0. The first-order valence-corrected chi connectivity index (χ1v) is 14.9. The van der Waals surface area contributed by atoms with E-state index in [2.05, 4.69) is 143 Å². The first kappa shape index (κ1) is 27.7. The van der Waals surface area contributed by atoms with Gasteiger partial charge in [-0.05, 0) is 76.5 Å². The Morgan fingerprint density at radius 2 is 1.24 bits per heavy atom. The summed E-state index contributed by atoms with van der Waals surface area (Å²) < 4.78 is 5.77. The lowest BCUT2D eigenvalue weighted by Gasteiger charge is -2.36. The molecule has 0 aliphatic heterocycles. The fraction of sp³-hybridized carbons (Fsp3) is 0.225. The fourth-order valence-corrected chi connectivity index (χ4v) is 7.80. The number of carbonyl (C=O) groups is 1. The van der Waals surface area contributed by atoms with Gasteiger partial charge in [-0.15, -0.1) is 0 Å². The van der Waals surface area contributed by atoms with E-state index in [1.54, 1.807) is 0 Å². The van der Waals surface area contributed by atoms with E-state index in [0.29, 0.717) is 6.61 Å². The van der Waals surface area contributed by atoms with Crippen molar-refractivity contribution in [1.82, 2.24) is 0 Å². The zero-order valence-electron chi connectivity index (χ0n) is 25.2. The number of esters is 1. The van der Waals surface area contributed by atoms with Crippen LogP contribution in [0.25, 0.3) is 11.1 Å². The molecule has 1 fully saturated rings. The molecule has 1 saturated carbocycles. The van der Waals surface area contributed by atoms with Crippen LogP contribution in [-0.2, 0) is 14.9 Å². The molecule has 2 heteroatoms. The minimum atomic E-state index is -0.703. The van der Waals surface area contributed by atoms with Crippen molar-refractivity contribution in [2.45, 2.75) is 46.5 Å². The van der Waals surface area contributed by atoms with Crippen LogP contribution in [0.1, 0.15) is 68.9 Å². The topological polar surface area (TPSA) is 26.3 Å². The highest BCUT2D eigenvalue weighted by Gasteiger charge is 2.62. The molecule has 0 spiro atoms. The Morgan fingerprint density at radius 3 is 1.79 bits per heavy atom.